The van der Waals surface area contributed by atoms with Crippen molar-refractivity contribution in [1.29, 1.82) is 0 Å². The van der Waals surface area contributed by atoms with Gasteiger partial charge in [-0.15, -0.1) is 0 Å². The van der Waals surface area contributed by atoms with Crippen molar-refractivity contribution in [2.75, 3.05) is 18.0 Å². The Bertz CT molecular complexity index is 1310. The fourth-order valence-electron chi connectivity index (χ4n) is 3.82. The maximum atomic E-state index is 12.3. The van der Waals surface area contributed by atoms with Crippen LogP contribution >= 0.6 is 22.7 Å². The lowest BCUT2D eigenvalue weighted by atomic mass is 9.96. The number of ether oxygens (including phenoxy) is 1. The molecule has 2 aliphatic heterocycles. The molecule has 6 atom stereocenters. The molecule has 2 aromatic heterocycles. The maximum absolute atomic E-state index is 12.3. The van der Waals surface area contributed by atoms with E-state index >= 15 is 0 Å². The molecule has 0 spiro atoms. The van der Waals surface area contributed by atoms with E-state index in [1.807, 2.05) is 0 Å². The molecule has 0 aromatic carbocycles. The summed E-state index contributed by atoms with van der Waals surface area (Å²) in [6, 6.07) is 1.67. The van der Waals surface area contributed by atoms with Crippen LogP contribution in [0.5, 0.6) is 0 Å². The first-order valence-electron chi connectivity index (χ1n) is 9.84. The Morgan fingerprint density at radius 2 is 2.03 bits per heavy atom. The van der Waals surface area contributed by atoms with Gasteiger partial charge in [0.05, 0.1) is 17.7 Å². The summed E-state index contributed by atoms with van der Waals surface area (Å²) in [6.07, 6.45) is 2.00. The highest BCUT2D eigenvalue weighted by Gasteiger charge is 2.54. The molecule has 0 aliphatic carbocycles. The molecule has 35 heavy (non-hydrogen) atoms. The molecule has 2 aromatic rings. The Morgan fingerprint density at radius 1 is 1.31 bits per heavy atom. The Morgan fingerprint density at radius 3 is 2.71 bits per heavy atom. The summed E-state index contributed by atoms with van der Waals surface area (Å²) < 4.78 is 51.4. The largest absolute Gasteiger partial charge is 0.390 e. The van der Waals surface area contributed by atoms with E-state index in [0.29, 0.717) is 22.3 Å². The number of rotatable bonds is 8. The van der Waals surface area contributed by atoms with E-state index < -0.39 is 59.2 Å². The van der Waals surface area contributed by atoms with Crippen LogP contribution in [0.15, 0.2) is 24.7 Å². The third kappa shape index (κ3) is 5.58. The average molecular weight is 551 g/mol. The van der Waals surface area contributed by atoms with Crippen molar-refractivity contribution in [2.24, 2.45) is 0 Å². The van der Waals surface area contributed by atoms with Gasteiger partial charge in [0.15, 0.2) is 12.1 Å². The molecule has 1 fully saturated rings. The van der Waals surface area contributed by atoms with Crippen LogP contribution in [0.25, 0.3) is 17.1 Å². The molecule has 2 radical (unpaired) electrons. The van der Waals surface area contributed by atoms with E-state index in [-0.39, 0.29) is 0 Å². The number of aliphatic hydroxyl groups excluding tert-OH is 1. The van der Waals surface area contributed by atoms with Crippen molar-refractivity contribution in [3.8, 4) is 0 Å². The second-order valence-corrected chi connectivity index (χ2v) is 13.9. The molecule has 4 heterocycles. The minimum Gasteiger partial charge on any atom is -0.390 e. The van der Waals surface area contributed by atoms with E-state index in [1.54, 1.807) is 18.3 Å². The number of pyridine rings is 1. The number of aromatic nitrogens is 2. The molecule has 190 valence electrons. The molecule has 0 bridgehead atoms. The van der Waals surface area contributed by atoms with Crippen LogP contribution < -0.4 is 5.48 Å². The minimum absolute atomic E-state index is 0.380. The lowest BCUT2D eigenvalue weighted by Crippen LogP contribution is -2.44. The number of nitrogens with one attached hydrogen (secondary N) is 1. The summed E-state index contributed by atoms with van der Waals surface area (Å²) in [5, 5.41) is 22.3. The molecule has 3 unspecified atom stereocenters. The van der Waals surface area contributed by atoms with E-state index in [2.05, 4.69) is 14.8 Å². The van der Waals surface area contributed by atoms with Gasteiger partial charge in [0.1, 0.15) is 29.7 Å². The van der Waals surface area contributed by atoms with Crippen molar-refractivity contribution in [1.82, 2.24) is 9.55 Å². The number of hydrogen-bond acceptors (Lipinski definition) is 11. The quantitative estimate of drug-likeness (QED) is 0.199. The molecule has 4 rings (SSSR count). The summed E-state index contributed by atoms with van der Waals surface area (Å²) in [7, 11) is -9.65. The van der Waals surface area contributed by atoms with Crippen LogP contribution in [-0.2, 0) is 32.1 Å². The molecule has 0 saturated carbocycles. The van der Waals surface area contributed by atoms with E-state index in [9.17, 15) is 28.8 Å². The Balaban J connectivity index is 1.54. The van der Waals surface area contributed by atoms with Crippen LogP contribution in [0.1, 0.15) is 18.7 Å². The number of nitrogens with zero attached hydrogens (tertiary/aromatic N) is 2. The number of hydrogen-bond donors (Lipinski definition) is 6. The van der Waals surface area contributed by atoms with Gasteiger partial charge >= 0.3 is 15.2 Å². The highest BCUT2D eigenvalue weighted by molar-refractivity contribution is 7.85. The predicted molar refractivity (Wildman–Crippen MR) is 121 cm³/mol. The smallest absolute Gasteiger partial charge is 0.346 e. The van der Waals surface area contributed by atoms with Crippen molar-refractivity contribution >= 4 is 53.0 Å². The second-order valence-electron chi connectivity index (χ2n) is 8.13. The molecular formula is C16H21BN3O12P3. The van der Waals surface area contributed by atoms with Crippen molar-refractivity contribution in [2.45, 2.75) is 31.0 Å². The molecule has 15 nitrogen and oxygen atoms in total. The van der Waals surface area contributed by atoms with Crippen LogP contribution in [0.2, 0.25) is 0 Å². The molecule has 0 amide bonds. The standard InChI is InChI=1S/C16H21BN3O12P3/c1-16(22)13(21)11(7-30-35(17,28)32-34(26,27)8-33(23,24)25)31-15(16)20-6-9-3-5-29-19-10-2-4-18-14(20)12(9)10/h2-6,11,13,15,19,21-22H,7-8H2,1H3,(H,26,27)(H2,23,24,25)/t11-,13-,15?,16-,35?/m1/s1. The summed E-state index contributed by atoms with van der Waals surface area (Å²) >= 11 is 0. The Labute approximate surface area is 199 Å². The van der Waals surface area contributed by atoms with Gasteiger partial charge in [-0.3, -0.25) is 13.7 Å². The summed E-state index contributed by atoms with van der Waals surface area (Å²) in [5.74, 6) is -1.63. The highest BCUT2D eigenvalue weighted by Crippen LogP contribution is 2.64. The van der Waals surface area contributed by atoms with Crippen LogP contribution in [0.3, 0.4) is 0 Å². The van der Waals surface area contributed by atoms with Gasteiger partial charge in [0.25, 0.3) is 7.47 Å². The fraction of sp³-hybridized carbons (Fsp3) is 0.438. The first-order chi connectivity index (χ1) is 16.1. The SMILES string of the molecule is [B]P(=O)(OC[C@H]1OC(n2cc3c4c(ccnc42)NOC=C3)[C@](C)(O)[C@@H]1O)OP(=O)(O)CP(=O)(O)O. The molecule has 2 aliphatic rings. The Kier molecular flexibility index (Phi) is 6.89. The van der Waals surface area contributed by atoms with E-state index in [0.717, 1.165) is 0 Å². The topological polar surface area (TPSA) is 219 Å². The fourth-order valence-corrected chi connectivity index (χ4v) is 8.32. The lowest BCUT2D eigenvalue weighted by molar-refractivity contribution is -0.0945. The van der Waals surface area contributed by atoms with Crippen molar-refractivity contribution in [3.05, 3.63) is 30.3 Å². The zero-order chi connectivity index (χ0) is 25.8. The summed E-state index contributed by atoms with van der Waals surface area (Å²) in [4.78, 5) is 36.7. The second kappa shape index (κ2) is 9.09. The molecule has 6 N–H and O–H groups in total. The maximum Gasteiger partial charge on any atom is 0.346 e. The number of aliphatic hydroxyl groups is 2. The van der Waals surface area contributed by atoms with Crippen LogP contribution in [0.4, 0.5) is 5.69 Å². The minimum atomic E-state index is -5.09. The van der Waals surface area contributed by atoms with Gasteiger partial charge < -0.3 is 43.6 Å². The number of anilines is 1. The predicted octanol–water partition coefficient (Wildman–Crippen LogP) is 1.00. The van der Waals surface area contributed by atoms with Gasteiger partial charge in [0, 0.05) is 18.0 Å². The van der Waals surface area contributed by atoms with Gasteiger partial charge in [-0.25, -0.2) is 14.8 Å². The van der Waals surface area contributed by atoms with Crippen LogP contribution in [0, 0.1) is 0 Å². The molecule has 19 heteroatoms. The summed E-state index contributed by atoms with van der Waals surface area (Å²) in [5.41, 5.74) is 2.47. The zero-order valence-electron chi connectivity index (χ0n) is 17.9. The highest BCUT2D eigenvalue weighted by atomic mass is 31.3. The average Bonchev–Trinajstić information content (AvgIpc) is 3.06. The first kappa shape index (κ1) is 26.5. The zero-order valence-corrected chi connectivity index (χ0v) is 20.6. The van der Waals surface area contributed by atoms with Gasteiger partial charge in [0.2, 0.25) is 7.57 Å². The van der Waals surface area contributed by atoms with E-state index in [4.69, 9.17) is 31.5 Å². The first-order valence-corrected chi connectivity index (χ1v) is 15.0. The third-order valence-electron chi connectivity index (χ3n) is 5.26. The third-order valence-corrected chi connectivity index (χ3v) is 10.6. The summed E-state index contributed by atoms with van der Waals surface area (Å²) in [6.45, 7) is 0.527. The lowest BCUT2D eigenvalue weighted by Gasteiger charge is -2.27. The van der Waals surface area contributed by atoms with Crippen molar-refractivity contribution < 1.29 is 57.0 Å². The van der Waals surface area contributed by atoms with Crippen LogP contribution in [-0.4, -0.2) is 72.3 Å². The van der Waals surface area contributed by atoms with E-state index in [1.165, 1.54) is 23.9 Å². The van der Waals surface area contributed by atoms with Gasteiger partial charge in [-0.2, -0.15) is 0 Å². The van der Waals surface area contributed by atoms with Crippen molar-refractivity contribution in [3.63, 3.8) is 0 Å². The Hall–Kier alpha value is -1.54. The van der Waals surface area contributed by atoms with Gasteiger partial charge in [-0.05, 0) is 19.1 Å². The van der Waals surface area contributed by atoms with Gasteiger partial charge in [-0.1, -0.05) is 0 Å². The normalized spacial score (nSPS) is 29.7. The molecular weight excluding hydrogens is 530 g/mol. The monoisotopic (exact) mass is 551 g/mol. The molecule has 1 saturated heterocycles.